The highest BCUT2D eigenvalue weighted by Crippen LogP contribution is 2.37. The Labute approximate surface area is 149 Å². The lowest BCUT2D eigenvalue weighted by Crippen LogP contribution is -2.61. The van der Waals surface area contributed by atoms with E-state index in [-0.39, 0.29) is 18.2 Å². The van der Waals surface area contributed by atoms with Gasteiger partial charge in [0.2, 0.25) is 0 Å². The third-order valence-corrected chi connectivity index (χ3v) is 5.12. The first-order chi connectivity index (χ1) is 11.9. The first kappa shape index (κ1) is 17.9. The maximum atomic E-state index is 12.7. The van der Waals surface area contributed by atoms with E-state index in [1.807, 2.05) is 26.8 Å². The molecule has 0 radical (unpaired) electrons. The van der Waals surface area contributed by atoms with Crippen LogP contribution in [0.15, 0.2) is 30.3 Å². The summed E-state index contributed by atoms with van der Waals surface area (Å²) in [5.41, 5.74) is 0.748. The van der Waals surface area contributed by atoms with Crippen molar-refractivity contribution >= 4 is 12.4 Å². The van der Waals surface area contributed by atoms with E-state index in [2.05, 4.69) is 29.2 Å². The summed E-state index contributed by atoms with van der Waals surface area (Å²) in [6, 6.07) is 10.8. The summed E-state index contributed by atoms with van der Waals surface area (Å²) in [7, 11) is 0. The molecule has 2 fully saturated rings. The first-order valence-electron chi connectivity index (χ1n) is 9.12. The second-order valence-electron chi connectivity index (χ2n) is 8.06. The van der Waals surface area contributed by atoms with Gasteiger partial charge in [-0.1, -0.05) is 30.3 Å². The predicted molar refractivity (Wildman–Crippen MR) is 96.2 cm³/mol. The van der Waals surface area contributed by atoms with Crippen molar-refractivity contribution in [3.05, 3.63) is 35.9 Å². The number of ether oxygens (including phenoxy) is 1. The van der Waals surface area contributed by atoms with Crippen molar-refractivity contribution in [2.24, 2.45) is 0 Å². The number of hydrogen-bond donors (Lipinski definition) is 0. The number of fused-ring (bicyclic) bond motifs is 2. The van der Waals surface area contributed by atoms with Crippen molar-refractivity contribution in [3.63, 3.8) is 0 Å². The molecule has 2 heterocycles. The normalized spacial score (nSPS) is 26.5. The molecule has 136 valence electrons. The summed E-state index contributed by atoms with van der Waals surface area (Å²) in [6.07, 6.45) is 3.08. The molecule has 5 heteroatoms. The lowest BCUT2D eigenvalue weighted by molar-refractivity contribution is -0.110. The second-order valence-corrected chi connectivity index (χ2v) is 8.06. The Morgan fingerprint density at radius 3 is 2.60 bits per heavy atom. The highest BCUT2D eigenvalue weighted by Gasteiger charge is 2.48. The van der Waals surface area contributed by atoms with Gasteiger partial charge < -0.3 is 14.4 Å². The molecular formula is C20H28N2O3. The van der Waals surface area contributed by atoms with Crippen LogP contribution in [0.1, 0.15) is 45.6 Å². The number of rotatable bonds is 4. The standard InChI is InChI=1S/C20H28N2O3/c1-20(2,3)25-19(24)22-14-16-9-10-17(18(22)11-12-23)21(16)13-15-7-5-4-6-8-15/h4-8,12,16-18H,9-11,13-14H2,1-3H3/t16-,17-,18+/m0/s1. The van der Waals surface area contributed by atoms with Crippen LogP contribution in [0.25, 0.3) is 0 Å². The number of amides is 1. The van der Waals surface area contributed by atoms with Gasteiger partial charge in [0, 0.05) is 31.6 Å². The molecule has 0 saturated carbocycles. The van der Waals surface area contributed by atoms with Gasteiger partial charge in [0.1, 0.15) is 11.9 Å². The lowest BCUT2D eigenvalue weighted by Gasteiger charge is -2.46. The highest BCUT2D eigenvalue weighted by molar-refractivity contribution is 5.70. The molecule has 1 amide bonds. The van der Waals surface area contributed by atoms with Crippen LogP contribution >= 0.6 is 0 Å². The number of hydrogen-bond acceptors (Lipinski definition) is 4. The molecule has 1 aromatic rings. The molecule has 2 bridgehead atoms. The van der Waals surface area contributed by atoms with Crippen LogP contribution in [0.3, 0.4) is 0 Å². The number of aldehydes is 1. The molecule has 5 nitrogen and oxygen atoms in total. The zero-order valence-electron chi connectivity index (χ0n) is 15.4. The molecule has 0 aliphatic carbocycles. The van der Waals surface area contributed by atoms with E-state index in [1.165, 1.54) is 5.56 Å². The summed E-state index contributed by atoms with van der Waals surface area (Å²) in [6.45, 7) is 7.13. The fourth-order valence-electron chi connectivity index (χ4n) is 4.10. The maximum Gasteiger partial charge on any atom is 0.410 e. The Morgan fingerprint density at radius 2 is 1.96 bits per heavy atom. The van der Waals surface area contributed by atoms with Gasteiger partial charge in [0.15, 0.2) is 0 Å². The van der Waals surface area contributed by atoms with Crippen molar-refractivity contribution < 1.29 is 14.3 Å². The van der Waals surface area contributed by atoms with Gasteiger partial charge in [-0.25, -0.2) is 4.79 Å². The molecule has 0 unspecified atom stereocenters. The number of benzene rings is 1. The smallest absolute Gasteiger partial charge is 0.410 e. The van der Waals surface area contributed by atoms with Crippen LogP contribution in [0.5, 0.6) is 0 Å². The third kappa shape index (κ3) is 4.03. The zero-order valence-corrected chi connectivity index (χ0v) is 15.4. The van der Waals surface area contributed by atoms with Crippen molar-refractivity contribution in [3.8, 4) is 0 Å². The fraction of sp³-hybridized carbons (Fsp3) is 0.600. The Hall–Kier alpha value is -1.88. The molecule has 25 heavy (non-hydrogen) atoms. The molecule has 0 N–H and O–H groups in total. The van der Waals surface area contributed by atoms with E-state index < -0.39 is 5.60 Å². The second kappa shape index (κ2) is 7.16. The summed E-state index contributed by atoms with van der Waals surface area (Å²) in [4.78, 5) is 28.2. The van der Waals surface area contributed by atoms with Crippen molar-refractivity contribution in [1.82, 2.24) is 9.80 Å². The monoisotopic (exact) mass is 344 g/mol. The van der Waals surface area contributed by atoms with Crippen LogP contribution in [0.4, 0.5) is 4.79 Å². The van der Waals surface area contributed by atoms with Crippen molar-refractivity contribution in [2.75, 3.05) is 6.54 Å². The number of carbonyl (C=O) groups is 2. The number of likely N-dealkylation sites (tertiary alicyclic amines) is 1. The largest absolute Gasteiger partial charge is 0.444 e. The predicted octanol–water partition coefficient (Wildman–Crippen LogP) is 3.23. The lowest BCUT2D eigenvalue weighted by atomic mass is 9.99. The Bertz CT molecular complexity index is 611. The summed E-state index contributed by atoms with van der Waals surface area (Å²) < 4.78 is 5.58. The summed E-state index contributed by atoms with van der Waals surface area (Å²) >= 11 is 0. The van der Waals surface area contributed by atoms with E-state index in [9.17, 15) is 9.59 Å². The minimum absolute atomic E-state index is 0.102. The highest BCUT2D eigenvalue weighted by atomic mass is 16.6. The minimum Gasteiger partial charge on any atom is -0.444 e. The average Bonchev–Trinajstić information content (AvgIpc) is 2.82. The summed E-state index contributed by atoms with van der Waals surface area (Å²) in [5, 5.41) is 0. The number of carbonyl (C=O) groups excluding carboxylic acids is 2. The fourth-order valence-corrected chi connectivity index (χ4v) is 4.10. The molecular weight excluding hydrogens is 316 g/mol. The number of nitrogens with zero attached hydrogens (tertiary/aromatic N) is 2. The molecule has 0 spiro atoms. The van der Waals surface area contributed by atoms with E-state index in [0.717, 1.165) is 25.7 Å². The zero-order chi connectivity index (χ0) is 18.0. The van der Waals surface area contributed by atoms with Crippen LogP contribution in [-0.4, -0.2) is 52.5 Å². The van der Waals surface area contributed by atoms with Crippen LogP contribution < -0.4 is 0 Å². The minimum atomic E-state index is -0.525. The Kier molecular flexibility index (Phi) is 5.13. The molecule has 3 atom stereocenters. The Balaban J connectivity index is 1.78. The van der Waals surface area contributed by atoms with Crippen molar-refractivity contribution in [2.45, 2.75) is 70.3 Å². The van der Waals surface area contributed by atoms with Gasteiger partial charge in [-0.2, -0.15) is 0 Å². The van der Waals surface area contributed by atoms with E-state index in [1.54, 1.807) is 4.90 Å². The third-order valence-electron chi connectivity index (χ3n) is 5.12. The van der Waals surface area contributed by atoms with Gasteiger partial charge in [-0.05, 0) is 39.2 Å². The van der Waals surface area contributed by atoms with E-state index in [4.69, 9.17) is 4.74 Å². The van der Waals surface area contributed by atoms with Gasteiger partial charge in [0.05, 0.1) is 6.04 Å². The van der Waals surface area contributed by atoms with Gasteiger partial charge >= 0.3 is 6.09 Å². The van der Waals surface area contributed by atoms with Crippen LogP contribution in [0, 0.1) is 0 Å². The van der Waals surface area contributed by atoms with Crippen LogP contribution in [-0.2, 0) is 16.1 Å². The molecule has 2 aliphatic heterocycles. The van der Waals surface area contributed by atoms with Gasteiger partial charge in [-0.3, -0.25) is 4.90 Å². The molecule has 1 aromatic carbocycles. The topological polar surface area (TPSA) is 49.9 Å². The first-order valence-corrected chi connectivity index (χ1v) is 9.12. The average molecular weight is 344 g/mol. The molecule has 3 rings (SSSR count). The quantitative estimate of drug-likeness (QED) is 0.787. The molecule has 2 aliphatic rings. The van der Waals surface area contributed by atoms with Gasteiger partial charge in [-0.15, -0.1) is 0 Å². The maximum absolute atomic E-state index is 12.7. The molecule has 0 aromatic heterocycles. The van der Waals surface area contributed by atoms with E-state index in [0.29, 0.717) is 19.0 Å². The summed E-state index contributed by atoms with van der Waals surface area (Å²) in [5.74, 6) is 0. The SMILES string of the molecule is CC(C)(C)OC(=O)N1C[C@@H]2CC[C@@H]([C@H]1CC=O)N2Cc1ccccc1. The number of piperazine rings is 1. The van der Waals surface area contributed by atoms with E-state index >= 15 is 0 Å². The molecule has 2 saturated heterocycles. The van der Waals surface area contributed by atoms with Gasteiger partial charge in [0.25, 0.3) is 0 Å². The van der Waals surface area contributed by atoms with Crippen LogP contribution in [0.2, 0.25) is 0 Å². The Morgan fingerprint density at radius 1 is 1.24 bits per heavy atom. The van der Waals surface area contributed by atoms with Crippen molar-refractivity contribution in [1.29, 1.82) is 0 Å².